The second-order valence-corrected chi connectivity index (χ2v) is 32.5. The van der Waals surface area contributed by atoms with Crippen molar-refractivity contribution in [3.63, 3.8) is 0 Å². The molecule has 0 atom stereocenters. The van der Waals surface area contributed by atoms with E-state index in [1.807, 2.05) is 12.1 Å². The Hall–Kier alpha value is -7.08. The van der Waals surface area contributed by atoms with Crippen LogP contribution in [0.2, 0.25) is 0 Å². The Morgan fingerprint density at radius 2 is 0.828 bits per heavy atom. The van der Waals surface area contributed by atoms with Gasteiger partial charge in [0.05, 0.1) is 26.8 Å². The molecular formula is C88H106Br2N6S3. The predicted octanol–water partition coefficient (Wildman–Crippen LogP) is 27.6. The average Bonchev–Trinajstić information content (AvgIpc) is 1.33. The van der Waals surface area contributed by atoms with Crippen LogP contribution in [0.3, 0.4) is 0 Å². The molecule has 0 aliphatic rings. The molecule has 0 unspecified atom stereocenters. The number of benzene rings is 9. The number of para-hydroxylation sites is 6. The molecule has 520 valence electrons. The van der Waals surface area contributed by atoms with Crippen molar-refractivity contribution in [1.29, 1.82) is 0 Å². The number of anilines is 5. The summed E-state index contributed by atoms with van der Waals surface area (Å²) in [6.45, 7) is 46.4. The summed E-state index contributed by atoms with van der Waals surface area (Å²) in [6, 6.07) is 52.0. The van der Waals surface area contributed by atoms with Crippen LogP contribution in [-0.4, -0.2) is 15.3 Å². The Kier molecular flexibility index (Phi) is 29.2. The maximum Gasteiger partial charge on any atom is 0.188 e. The lowest BCUT2D eigenvalue weighted by Crippen LogP contribution is -2.22. The third kappa shape index (κ3) is 21.3. The lowest BCUT2D eigenvalue weighted by Gasteiger charge is -2.23. The molecule has 5 N–H and O–H groups in total. The van der Waals surface area contributed by atoms with Gasteiger partial charge in [0.15, 0.2) is 10.2 Å². The number of hydrogen-bond donors (Lipinski definition) is 4. The standard InChI is InChI=1S/C30H36N2S.C28H33BrN2S.C16H14BrNS.C14H23N/c1-18(2)14-23-10-8-11-24(15-19(3)4)28(23)31-30-32-29-25(12-9-13-26(29)33-30)27-21(6)16-20(5)17-22(27)7;1-16(2)21-10-8-11-22(17(3)4)26(21)30-28(32)31-27-23(12-9-13-24(27)29)25-19(6)14-18(5)15-20(25)7;1-10-7-11(2)15(12(3)8-10)13-5-4-6-14(17)16(13)18-9-19;1-10(2)8-12-6-5-7-13(14(12)15)9-11(3)4/h8-13,16-19H,14-15H2,1-7H3,(H,31,32);8-17H,1-7H3,(H2,30,31,32);4-8H,1-3H3;5-7,10-11H,8-9,15H2,1-4H3. The molecule has 11 heteroatoms. The Bertz CT molecular complexity index is 4350. The van der Waals surface area contributed by atoms with Crippen molar-refractivity contribution in [2.24, 2.45) is 28.7 Å². The number of aliphatic imine (C=N–C) groups is 1. The van der Waals surface area contributed by atoms with Gasteiger partial charge in [0.2, 0.25) is 0 Å². The average molecular weight is 1500 g/mol. The Morgan fingerprint density at radius 3 is 1.27 bits per heavy atom. The van der Waals surface area contributed by atoms with Crippen molar-refractivity contribution >= 4 is 122 Å². The first kappa shape index (κ1) is 79.2. The second kappa shape index (κ2) is 36.5. The van der Waals surface area contributed by atoms with Gasteiger partial charge in [0.1, 0.15) is 0 Å². The molecule has 6 nitrogen and oxygen atoms in total. The molecule has 0 saturated carbocycles. The summed E-state index contributed by atoms with van der Waals surface area (Å²) in [7, 11) is 0. The van der Waals surface area contributed by atoms with E-state index >= 15 is 0 Å². The summed E-state index contributed by atoms with van der Waals surface area (Å²) in [5.41, 5.74) is 39.1. The zero-order chi connectivity index (χ0) is 72.7. The molecule has 0 bridgehead atoms. The highest BCUT2D eigenvalue weighted by atomic mass is 79.9. The van der Waals surface area contributed by atoms with Gasteiger partial charge in [-0.1, -0.05) is 239 Å². The van der Waals surface area contributed by atoms with Crippen LogP contribution in [0.5, 0.6) is 0 Å². The van der Waals surface area contributed by atoms with Crippen molar-refractivity contribution in [1.82, 2.24) is 4.98 Å². The monoisotopic (exact) mass is 1500 g/mol. The number of rotatable bonds is 18. The Balaban J connectivity index is 0.000000194. The summed E-state index contributed by atoms with van der Waals surface area (Å²) >= 11 is 19.6. The zero-order valence-electron chi connectivity index (χ0n) is 62.6. The molecule has 10 rings (SSSR count). The smallest absolute Gasteiger partial charge is 0.188 e. The van der Waals surface area contributed by atoms with Gasteiger partial charge in [0, 0.05) is 42.7 Å². The molecule has 0 spiro atoms. The van der Waals surface area contributed by atoms with E-state index in [9.17, 15) is 0 Å². The fourth-order valence-electron chi connectivity index (χ4n) is 13.8. The van der Waals surface area contributed by atoms with E-state index in [0.717, 1.165) is 79.2 Å². The van der Waals surface area contributed by atoms with Crippen LogP contribution in [-0.2, 0) is 25.7 Å². The van der Waals surface area contributed by atoms with Crippen molar-refractivity contribution in [2.75, 3.05) is 21.7 Å². The molecule has 0 aliphatic heterocycles. The fourth-order valence-corrected chi connectivity index (χ4v) is 15.9. The van der Waals surface area contributed by atoms with E-state index in [4.69, 9.17) is 35.2 Å². The van der Waals surface area contributed by atoms with Gasteiger partial charge in [0.25, 0.3) is 0 Å². The molecule has 99 heavy (non-hydrogen) atoms. The van der Waals surface area contributed by atoms with Crippen LogP contribution < -0.4 is 21.7 Å². The SMILES string of the molecule is CC(C)Cc1cccc(CC(C)C)c1N.Cc1cc(C)c(-c2cccc(Br)c2N=C=S)c(C)c1.Cc1cc(C)c(-c2cccc(Br)c2NC(=S)Nc2c(C(C)C)cccc2C(C)C)c(C)c1.Cc1cc(C)c(-c2cccc3sc(Nc4c(CC(C)C)cccc4CC(C)C)nc23)c(C)c1. The maximum absolute atomic E-state index is 6.18. The minimum absolute atomic E-state index is 0.399. The summed E-state index contributed by atoms with van der Waals surface area (Å²) in [5, 5.41) is 14.8. The van der Waals surface area contributed by atoms with Crippen LogP contribution in [0.1, 0.15) is 178 Å². The molecule has 0 aliphatic carbocycles. The number of aromatic nitrogens is 1. The summed E-state index contributed by atoms with van der Waals surface area (Å²) in [6.07, 6.45) is 4.29. The molecule has 0 amide bonds. The van der Waals surface area contributed by atoms with Crippen molar-refractivity contribution in [3.05, 3.63) is 238 Å². The van der Waals surface area contributed by atoms with Crippen LogP contribution in [0.15, 0.2) is 160 Å². The zero-order valence-corrected chi connectivity index (χ0v) is 68.2. The van der Waals surface area contributed by atoms with Crippen LogP contribution >= 0.6 is 67.6 Å². The molecule has 0 saturated heterocycles. The van der Waals surface area contributed by atoms with E-state index in [1.165, 1.54) is 116 Å². The number of fused-ring (bicyclic) bond motifs is 1. The molecule has 1 heterocycles. The molecule has 10 aromatic rings. The fraction of sp³-hybridized carbons (Fsp3) is 0.352. The lowest BCUT2D eigenvalue weighted by atomic mass is 9.92. The molecule has 0 fully saturated rings. The number of thiazole rings is 1. The van der Waals surface area contributed by atoms with Gasteiger partial charge in [-0.15, -0.1) is 0 Å². The van der Waals surface area contributed by atoms with Crippen molar-refractivity contribution in [3.8, 4) is 33.4 Å². The summed E-state index contributed by atoms with van der Waals surface area (Å²) < 4.78 is 3.14. The lowest BCUT2D eigenvalue weighted by molar-refractivity contribution is 0.638. The second-order valence-electron chi connectivity index (χ2n) is 29.2. The van der Waals surface area contributed by atoms with Gasteiger partial charge in [-0.05, 0) is 281 Å². The van der Waals surface area contributed by atoms with E-state index in [1.54, 1.807) is 11.3 Å². The van der Waals surface area contributed by atoms with Gasteiger partial charge in [-0.2, -0.15) is 4.99 Å². The molecule has 1 aromatic heterocycles. The number of aryl methyl sites for hydroxylation is 9. The number of nitrogens with two attached hydrogens (primary N) is 1. The number of nitrogen functional groups attached to an aromatic ring is 1. The minimum Gasteiger partial charge on any atom is -0.398 e. The number of nitrogens with zero attached hydrogens (tertiary/aromatic N) is 2. The van der Waals surface area contributed by atoms with E-state index < -0.39 is 0 Å². The highest BCUT2D eigenvalue weighted by Gasteiger charge is 2.21. The molecular weight excluding hydrogens is 1400 g/mol. The predicted molar refractivity (Wildman–Crippen MR) is 451 cm³/mol. The Labute approximate surface area is 626 Å². The van der Waals surface area contributed by atoms with E-state index in [0.29, 0.717) is 40.6 Å². The van der Waals surface area contributed by atoms with E-state index in [2.05, 4.69) is 337 Å². The number of isothiocyanates is 1. The quantitative estimate of drug-likeness (QED) is 0.0387. The van der Waals surface area contributed by atoms with Gasteiger partial charge < -0.3 is 21.7 Å². The first-order chi connectivity index (χ1) is 46.9. The largest absolute Gasteiger partial charge is 0.398 e. The summed E-state index contributed by atoms with van der Waals surface area (Å²) in [5.74, 6) is 3.35. The van der Waals surface area contributed by atoms with Crippen LogP contribution in [0, 0.1) is 86.0 Å². The third-order valence-corrected chi connectivity index (χ3v) is 20.1. The number of halogens is 2. The van der Waals surface area contributed by atoms with Crippen molar-refractivity contribution < 1.29 is 0 Å². The van der Waals surface area contributed by atoms with Crippen molar-refractivity contribution in [2.45, 2.75) is 183 Å². The van der Waals surface area contributed by atoms with E-state index in [-0.39, 0.29) is 0 Å². The van der Waals surface area contributed by atoms with Crippen LogP contribution in [0.25, 0.3) is 43.6 Å². The molecule has 0 radical (unpaired) electrons. The van der Waals surface area contributed by atoms with Gasteiger partial charge in [-0.3, -0.25) is 0 Å². The van der Waals surface area contributed by atoms with Gasteiger partial charge >= 0.3 is 0 Å². The first-order valence-corrected chi connectivity index (χ1v) is 38.3. The minimum atomic E-state index is 0.399. The van der Waals surface area contributed by atoms with Gasteiger partial charge in [-0.25, -0.2) is 4.98 Å². The normalized spacial score (nSPS) is 11.2. The first-order valence-electron chi connectivity index (χ1n) is 35.1. The molecule has 9 aromatic carbocycles. The van der Waals surface area contributed by atoms with Crippen LogP contribution in [0.4, 0.5) is 33.6 Å². The highest BCUT2D eigenvalue weighted by molar-refractivity contribution is 9.11. The Morgan fingerprint density at radius 1 is 0.465 bits per heavy atom. The number of nitrogens with one attached hydrogen (secondary N) is 3. The third-order valence-electron chi connectivity index (χ3n) is 17.5. The number of thiocarbonyl (C=S) groups is 2. The topological polar surface area (TPSA) is 87.4 Å². The number of hydrogen-bond acceptors (Lipinski definition) is 7. The highest BCUT2D eigenvalue weighted by Crippen LogP contribution is 2.43. The maximum atomic E-state index is 6.18. The summed E-state index contributed by atoms with van der Waals surface area (Å²) in [4.78, 5) is 9.34.